The number of carbonyl (C=O) groups excluding carboxylic acids is 1. The molecule has 0 radical (unpaired) electrons. The first-order chi connectivity index (χ1) is 14.8. The Morgan fingerprint density at radius 2 is 1.81 bits per heavy atom. The number of hydrogen-bond donors (Lipinski definition) is 1. The molecule has 0 fully saturated rings. The lowest BCUT2D eigenvalue weighted by Crippen LogP contribution is -2.29. The Bertz CT molecular complexity index is 1180. The largest absolute Gasteiger partial charge is 0.495 e. The van der Waals surface area contributed by atoms with Crippen molar-refractivity contribution in [1.82, 2.24) is 10.3 Å². The van der Waals surface area contributed by atoms with Crippen molar-refractivity contribution in [1.29, 1.82) is 0 Å². The number of methoxy groups -OCH3 is 1. The van der Waals surface area contributed by atoms with E-state index in [0.29, 0.717) is 22.7 Å². The zero-order valence-electron chi connectivity index (χ0n) is 17.9. The summed E-state index contributed by atoms with van der Waals surface area (Å²) < 4.78 is 33.0. The van der Waals surface area contributed by atoms with E-state index in [1.54, 1.807) is 49.5 Å². The summed E-state index contributed by atoms with van der Waals surface area (Å²) in [6, 6.07) is 16.5. The molecular formula is C23H25N3O4S. The van der Waals surface area contributed by atoms with Gasteiger partial charge in [-0.25, -0.2) is 8.42 Å². The third kappa shape index (κ3) is 4.69. The maximum atomic E-state index is 13.3. The lowest BCUT2D eigenvalue weighted by molar-refractivity contribution is 0.0938. The van der Waals surface area contributed by atoms with Gasteiger partial charge in [0, 0.05) is 18.8 Å². The van der Waals surface area contributed by atoms with E-state index in [1.165, 1.54) is 26.3 Å². The Labute approximate surface area is 182 Å². The minimum atomic E-state index is -3.92. The summed E-state index contributed by atoms with van der Waals surface area (Å²) in [6.45, 7) is 3.59. The fourth-order valence-electron chi connectivity index (χ4n) is 3.16. The van der Waals surface area contributed by atoms with Crippen molar-refractivity contribution < 1.29 is 17.9 Å². The SMILES string of the molecule is COc1ccccc1N(C)S(=O)(=O)c1ccc(C)c(C(=O)NC(C)c2ccccn2)c1. The summed E-state index contributed by atoms with van der Waals surface area (Å²) in [5, 5.41) is 2.88. The van der Waals surface area contributed by atoms with Gasteiger partial charge in [-0.2, -0.15) is 0 Å². The number of amides is 1. The first-order valence-electron chi connectivity index (χ1n) is 9.70. The highest BCUT2D eigenvalue weighted by Crippen LogP contribution is 2.31. The number of nitrogens with zero attached hydrogens (tertiary/aromatic N) is 2. The maximum absolute atomic E-state index is 13.3. The molecule has 0 saturated heterocycles. The highest BCUT2D eigenvalue weighted by molar-refractivity contribution is 7.92. The van der Waals surface area contributed by atoms with Gasteiger partial charge in [0.2, 0.25) is 0 Å². The van der Waals surface area contributed by atoms with Crippen LogP contribution >= 0.6 is 0 Å². The molecule has 1 amide bonds. The standard InChI is InChI=1S/C23H25N3O4S/c1-16-12-13-18(31(28,29)26(3)21-10-5-6-11-22(21)30-4)15-19(16)23(27)25-17(2)20-9-7-8-14-24-20/h5-15,17H,1-4H3,(H,25,27). The Morgan fingerprint density at radius 3 is 2.48 bits per heavy atom. The smallest absolute Gasteiger partial charge is 0.264 e. The molecule has 0 saturated carbocycles. The summed E-state index contributed by atoms with van der Waals surface area (Å²) in [5.41, 5.74) is 2.08. The van der Waals surface area contributed by atoms with Crippen molar-refractivity contribution >= 4 is 21.6 Å². The van der Waals surface area contributed by atoms with Crippen LogP contribution in [0.1, 0.15) is 34.6 Å². The van der Waals surface area contributed by atoms with Gasteiger partial charge in [0.25, 0.3) is 15.9 Å². The van der Waals surface area contributed by atoms with Gasteiger partial charge in [-0.15, -0.1) is 0 Å². The summed E-state index contributed by atoms with van der Waals surface area (Å²) in [5.74, 6) is 0.0653. The zero-order chi connectivity index (χ0) is 22.6. The van der Waals surface area contributed by atoms with E-state index < -0.39 is 10.0 Å². The average molecular weight is 440 g/mol. The molecule has 162 valence electrons. The van der Waals surface area contributed by atoms with Crippen LogP contribution in [0.5, 0.6) is 5.75 Å². The van der Waals surface area contributed by atoms with E-state index in [2.05, 4.69) is 10.3 Å². The normalized spacial score (nSPS) is 12.1. The molecule has 3 rings (SSSR count). The first kappa shape index (κ1) is 22.3. The minimum Gasteiger partial charge on any atom is -0.495 e. The van der Waals surface area contributed by atoms with E-state index in [4.69, 9.17) is 4.74 Å². The lowest BCUT2D eigenvalue weighted by Gasteiger charge is -2.22. The number of benzene rings is 2. The van der Waals surface area contributed by atoms with Gasteiger partial charge in [-0.1, -0.05) is 24.3 Å². The Kier molecular flexibility index (Phi) is 6.60. The summed E-state index contributed by atoms with van der Waals surface area (Å²) in [6.07, 6.45) is 1.66. The van der Waals surface area contributed by atoms with Gasteiger partial charge in [0.05, 0.1) is 29.4 Å². The molecule has 0 bridgehead atoms. The van der Waals surface area contributed by atoms with Crippen LogP contribution < -0.4 is 14.4 Å². The number of carbonyl (C=O) groups is 1. The molecule has 1 N–H and O–H groups in total. The Balaban J connectivity index is 1.91. The third-order valence-electron chi connectivity index (χ3n) is 5.02. The number of aryl methyl sites for hydroxylation is 1. The molecular weight excluding hydrogens is 414 g/mol. The molecule has 8 heteroatoms. The predicted molar refractivity (Wildman–Crippen MR) is 120 cm³/mol. The zero-order valence-corrected chi connectivity index (χ0v) is 18.7. The van der Waals surface area contributed by atoms with E-state index in [0.717, 1.165) is 4.31 Å². The quantitative estimate of drug-likeness (QED) is 0.606. The molecule has 1 aromatic heterocycles. The monoisotopic (exact) mass is 439 g/mol. The van der Waals surface area contributed by atoms with Crippen LogP contribution in [-0.2, 0) is 10.0 Å². The van der Waals surface area contributed by atoms with E-state index >= 15 is 0 Å². The number of ether oxygens (including phenoxy) is 1. The second-order valence-corrected chi connectivity index (χ2v) is 9.04. The topological polar surface area (TPSA) is 88.6 Å². The maximum Gasteiger partial charge on any atom is 0.264 e. The highest BCUT2D eigenvalue weighted by Gasteiger charge is 2.25. The molecule has 1 unspecified atom stereocenters. The van der Waals surface area contributed by atoms with Crippen molar-refractivity contribution in [3.8, 4) is 5.75 Å². The molecule has 3 aromatic rings. The van der Waals surface area contributed by atoms with Crippen molar-refractivity contribution in [2.45, 2.75) is 24.8 Å². The minimum absolute atomic E-state index is 0.0159. The number of aromatic nitrogens is 1. The molecule has 31 heavy (non-hydrogen) atoms. The van der Waals surface area contributed by atoms with Gasteiger partial charge in [-0.3, -0.25) is 14.1 Å². The van der Waals surface area contributed by atoms with Gasteiger partial charge in [-0.05, 0) is 55.8 Å². The van der Waals surface area contributed by atoms with E-state index in [-0.39, 0.29) is 22.4 Å². The Morgan fingerprint density at radius 1 is 1.10 bits per heavy atom. The lowest BCUT2D eigenvalue weighted by atomic mass is 10.1. The third-order valence-corrected chi connectivity index (χ3v) is 6.78. The molecule has 1 atom stereocenters. The van der Waals surface area contributed by atoms with E-state index in [1.807, 2.05) is 19.1 Å². The highest BCUT2D eigenvalue weighted by atomic mass is 32.2. The van der Waals surface area contributed by atoms with Crippen molar-refractivity contribution in [2.24, 2.45) is 0 Å². The van der Waals surface area contributed by atoms with Gasteiger partial charge in [0.1, 0.15) is 5.75 Å². The number of para-hydroxylation sites is 2. The van der Waals surface area contributed by atoms with E-state index in [9.17, 15) is 13.2 Å². The first-order valence-corrected chi connectivity index (χ1v) is 11.1. The molecule has 7 nitrogen and oxygen atoms in total. The molecule has 0 spiro atoms. The van der Waals surface area contributed by atoms with Crippen LogP contribution in [-0.4, -0.2) is 33.5 Å². The fraction of sp³-hybridized carbons (Fsp3) is 0.217. The van der Waals surface area contributed by atoms with Gasteiger partial charge in [0.15, 0.2) is 0 Å². The van der Waals surface area contributed by atoms with Crippen LogP contribution in [0.25, 0.3) is 0 Å². The summed E-state index contributed by atoms with van der Waals surface area (Å²) in [4.78, 5) is 17.2. The van der Waals surface area contributed by atoms with Crippen molar-refractivity contribution in [3.63, 3.8) is 0 Å². The van der Waals surface area contributed by atoms with Crippen LogP contribution in [0.3, 0.4) is 0 Å². The number of rotatable bonds is 7. The predicted octanol–water partition coefficient (Wildman–Crippen LogP) is 3.71. The number of anilines is 1. The van der Waals surface area contributed by atoms with Crippen LogP contribution in [0, 0.1) is 6.92 Å². The van der Waals surface area contributed by atoms with Crippen LogP contribution in [0.2, 0.25) is 0 Å². The van der Waals surface area contributed by atoms with Gasteiger partial charge < -0.3 is 10.1 Å². The second kappa shape index (κ2) is 9.18. The van der Waals surface area contributed by atoms with Gasteiger partial charge >= 0.3 is 0 Å². The van der Waals surface area contributed by atoms with Crippen molar-refractivity contribution in [3.05, 3.63) is 83.7 Å². The number of hydrogen-bond acceptors (Lipinski definition) is 5. The fourth-order valence-corrected chi connectivity index (χ4v) is 4.40. The van der Waals surface area contributed by atoms with Crippen LogP contribution in [0.15, 0.2) is 71.8 Å². The summed E-state index contributed by atoms with van der Waals surface area (Å²) >= 11 is 0. The number of nitrogens with one attached hydrogen (secondary N) is 1. The molecule has 0 aliphatic heterocycles. The number of sulfonamides is 1. The molecule has 2 aromatic carbocycles. The number of pyridine rings is 1. The summed E-state index contributed by atoms with van der Waals surface area (Å²) in [7, 11) is -0.980. The molecule has 0 aliphatic rings. The van der Waals surface area contributed by atoms with Crippen LogP contribution in [0.4, 0.5) is 5.69 Å². The molecule has 1 heterocycles. The average Bonchev–Trinajstić information content (AvgIpc) is 2.79. The second-order valence-electron chi connectivity index (χ2n) is 7.07. The van der Waals surface area contributed by atoms with Crippen molar-refractivity contribution in [2.75, 3.05) is 18.5 Å². The molecule has 0 aliphatic carbocycles. The Hall–Kier alpha value is -3.39.